The van der Waals surface area contributed by atoms with Crippen molar-refractivity contribution in [2.75, 3.05) is 20.2 Å². The van der Waals surface area contributed by atoms with Crippen molar-refractivity contribution >= 4 is 11.9 Å². The second-order valence-electron chi connectivity index (χ2n) is 3.76. The summed E-state index contributed by atoms with van der Waals surface area (Å²) >= 11 is 0. The highest BCUT2D eigenvalue weighted by atomic mass is 16.5. The van der Waals surface area contributed by atoms with Crippen molar-refractivity contribution in [1.82, 2.24) is 10.6 Å². The molecule has 5 heteroatoms. The van der Waals surface area contributed by atoms with Gasteiger partial charge in [-0.2, -0.15) is 0 Å². The molecule has 0 bridgehead atoms. The number of hydrogen-bond donors (Lipinski definition) is 2. The van der Waals surface area contributed by atoms with E-state index in [1.54, 1.807) is 6.92 Å². The molecule has 15 heavy (non-hydrogen) atoms. The molecule has 0 spiro atoms. The van der Waals surface area contributed by atoms with Crippen molar-refractivity contribution in [2.24, 2.45) is 5.92 Å². The summed E-state index contributed by atoms with van der Waals surface area (Å²) < 4.78 is 4.55. The fourth-order valence-corrected chi connectivity index (χ4v) is 1.22. The number of nitrogens with one attached hydrogen (secondary N) is 2. The van der Waals surface area contributed by atoms with Crippen molar-refractivity contribution in [3.63, 3.8) is 0 Å². The fraction of sp³-hybridized carbons (Fsp3) is 0.800. The minimum atomic E-state index is -0.326. The van der Waals surface area contributed by atoms with Crippen LogP contribution in [0.3, 0.4) is 0 Å². The molecule has 5 nitrogen and oxygen atoms in total. The summed E-state index contributed by atoms with van der Waals surface area (Å²) in [4.78, 5) is 22.2. The smallest absolute Gasteiger partial charge is 0.322 e. The number of amides is 1. The summed E-state index contributed by atoms with van der Waals surface area (Å²) in [6.45, 7) is 2.86. The lowest BCUT2D eigenvalue weighted by Crippen LogP contribution is -2.40. The molecule has 0 aromatic rings. The van der Waals surface area contributed by atoms with Crippen molar-refractivity contribution in [2.45, 2.75) is 25.8 Å². The molecule has 1 amide bonds. The average Bonchev–Trinajstić information content (AvgIpc) is 3.06. The van der Waals surface area contributed by atoms with Gasteiger partial charge in [0.15, 0.2) is 0 Å². The van der Waals surface area contributed by atoms with Crippen LogP contribution in [0, 0.1) is 5.92 Å². The molecule has 1 fully saturated rings. The number of hydrogen-bond acceptors (Lipinski definition) is 4. The third kappa shape index (κ3) is 4.29. The minimum Gasteiger partial charge on any atom is -0.468 e. The van der Waals surface area contributed by atoms with Crippen molar-refractivity contribution < 1.29 is 14.3 Å². The maximum absolute atomic E-state index is 11.2. The molecule has 0 aliphatic heterocycles. The monoisotopic (exact) mass is 214 g/mol. The van der Waals surface area contributed by atoms with Crippen LogP contribution in [0.25, 0.3) is 0 Å². The van der Waals surface area contributed by atoms with E-state index in [1.807, 2.05) is 0 Å². The van der Waals surface area contributed by atoms with Crippen molar-refractivity contribution in [1.29, 1.82) is 0 Å². The standard InChI is InChI=1S/C10H18N2O3/c1-7(10(14)15-2)11-5-6-12-9(13)8-3-4-8/h7-8,11H,3-6H2,1-2H3,(H,12,13). The Balaban J connectivity index is 2.00. The van der Waals surface area contributed by atoms with Crippen LogP contribution in [-0.2, 0) is 14.3 Å². The van der Waals surface area contributed by atoms with Gasteiger partial charge in [-0.3, -0.25) is 9.59 Å². The zero-order valence-electron chi connectivity index (χ0n) is 9.21. The lowest BCUT2D eigenvalue weighted by Gasteiger charge is -2.11. The maximum atomic E-state index is 11.2. The van der Waals surface area contributed by atoms with Gasteiger partial charge in [0.1, 0.15) is 6.04 Å². The summed E-state index contributed by atoms with van der Waals surface area (Å²) in [5, 5.41) is 5.76. The summed E-state index contributed by atoms with van der Waals surface area (Å²) in [7, 11) is 1.36. The Labute approximate surface area is 89.6 Å². The van der Waals surface area contributed by atoms with Crippen LogP contribution in [0.1, 0.15) is 19.8 Å². The van der Waals surface area contributed by atoms with Crippen LogP contribution in [0.15, 0.2) is 0 Å². The van der Waals surface area contributed by atoms with E-state index >= 15 is 0 Å². The molecule has 86 valence electrons. The van der Waals surface area contributed by atoms with Crippen LogP contribution in [-0.4, -0.2) is 38.1 Å². The molecule has 1 aliphatic rings. The molecule has 2 N–H and O–H groups in total. The molecule has 0 aromatic heterocycles. The first kappa shape index (κ1) is 12.0. The predicted molar refractivity (Wildman–Crippen MR) is 55.2 cm³/mol. The Morgan fingerprint density at radius 1 is 1.40 bits per heavy atom. The van der Waals surface area contributed by atoms with Crippen LogP contribution in [0.2, 0.25) is 0 Å². The lowest BCUT2D eigenvalue weighted by atomic mass is 10.3. The van der Waals surface area contributed by atoms with Gasteiger partial charge in [-0.05, 0) is 19.8 Å². The molecule has 0 saturated heterocycles. The van der Waals surface area contributed by atoms with E-state index in [9.17, 15) is 9.59 Å². The number of carbonyl (C=O) groups excluding carboxylic acids is 2. The maximum Gasteiger partial charge on any atom is 0.322 e. The van der Waals surface area contributed by atoms with Crippen LogP contribution in [0.4, 0.5) is 0 Å². The van der Waals surface area contributed by atoms with E-state index in [4.69, 9.17) is 0 Å². The van der Waals surface area contributed by atoms with E-state index in [1.165, 1.54) is 7.11 Å². The molecule has 0 heterocycles. The van der Waals surface area contributed by atoms with Gasteiger partial charge in [0.05, 0.1) is 7.11 Å². The summed E-state index contributed by atoms with van der Waals surface area (Å²) in [6.07, 6.45) is 2.02. The quantitative estimate of drug-likeness (QED) is 0.469. The van der Waals surface area contributed by atoms with Gasteiger partial charge in [-0.1, -0.05) is 0 Å². The predicted octanol–water partition coefficient (Wildman–Crippen LogP) is -0.336. The topological polar surface area (TPSA) is 67.4 Å². The Kier molecular flexibility index (Phi) is 4.55. The first-order chi connectivity index (χ1) is 7.15. The Morgan fingerprint density at radius 2 is 2.07 bits per heavy atom. The van der Waals surface area contributed by atoms with Crippen LogP contribution < -0.4 is 10.6 Å². The molecule has 1 aliphatic carbocycles. The van der Waals surface area contributed by atoms with Crippen LogP contribution in [0.5, 0.6) is 0 Å². The van der Waals surface area contributed by atoms with Gasteiger partial charge in [0.2, 0.25) is 5.91 Å². The van der Waals surface area contributed by atoms with Gasteiger partial charge >= 0.3 is 5.97 Å². The Bertz CT molecular complexity index is 239. The zero-order valence-corrected chi connectivity index (χ0v) is 9.21. The number of methoxy groups -OCH3 is 1. The SMILES string of the molecule is COC(=O)C(C)NCCNC(=O)C1CC1. The van der Waals surface area contributed by atoms with Gasteiger partial charge in [-0.15, -0.1) is 0 Å². The summed E-state index contributed by atoms with van der Waals surface area (Å²) in [5.74, 6) is 0.0778. The molecule has 1 atom stereocenters. The molecule has 1 rings (SSSR count). The molecular weight excluding hydrogens is 196 g/mol. The van der Waals surface area contributed by atoms with Gasteiger partial charge < -0.3 is 15.4 Å². The molecular formula is C10H18N2O3. The van der Waals surface area contributed by atoms with E-state index < -0.39 is 0 Å². The highest BCUT2D eigenvalue weighted by Crippen LogP contribution is 2.28. The highest BCUT2D eigenvalue weighted by Gasteiger charge is 2.28. The van der Waals surface area contributed by atoms with E-state index in [-0.39, 0.29) is 23.8 Å². The van der Waals surface area contributed by atoms with Crippen LogP contribution >= 0.6 is 0 Å². The lowest BCUT2D eigenvalue weighted by molar-refractivity contribution is -0.142. The average molecular weight is 214 g/mol. The van der Waals surface area contributed by atoms with E-state index in [0.29, 0.717) is 13.1 Å². The third-order valence-corrected chi connectivity index (χ3v) is 2.38. The van der Waals surface area contributed by atoms with E-state index in [0.717, 1.165) is 12.8 Å². The fourth-order valence-electron chi connectivity index (χ4n) is 1.22. The molecule has 1 unspecified atom stereocenters. The van der Waals surface area contributed by atoms with Gasteiger partial charge in [0.25, 0.3) is 0 Å². The van der Waals surface area contributed by atoms with Crippen molar-refractivity contribution in [3.8, 4) is 0 Å². The summed E-state index contributed by atoms with van der Waals surface area (Å²) in [6, 6.07) is -0.326. The zero-order chi connectivity index (χ0) is 11.3. The van der Waals surface area contributed by atoms with Gasteiger partial charge in [-0.25, -0.2) is 0 Å². The minimum absolute atomic E-state index is 0.127. The number of ether oxygens (including phenoxy) is 1. The number of carbonyl (C=O) groups is 2. The van der Waals surface area contributed by atoms with Gasteiger partial charge in [0, 0.05) is 19.0 Å². The second kappa shape index (κ2) is 5.70. The Morgan fingerprint density at radius 3 is 2.60 bits per heavy atom. The summed E-state index contributed by atoms with van der Waals surface area (Å²) in [5.41, 5.74) is 0. The third-order valence-electron chi connectivity index (χ3n) is 2.38. The largest absolute Gasteiger partial charge is 0.468 e. The number of rotatable bonds is 6. The van der Waals surface area contributed by atoms with Crippen molar-refractivity contribution in [3.05, 3.63) is 0 Å². The second-order valence-corrected chi connectivity index (χ2v) is 3.76. The first-order valence-electron chi connectivity index (χ1n) is 5.24. The van der Waals surface area contributed by atoms with E-state index in [2.05, 4.69) is 15.4 Å². The normalized spacial score (nSPS) is 16.9. The number of esters is 1. The highest BCUT2D eigenvalue weighted by molar-refractivity contribution is 5.80. The molecule has 0 radical (unpaired) electrons. The Hall–Kier alpha value is -1.10. The molecule has 0 aromatic carbocycles. The first-order valence-corrected chi connectivity index (χ1v) is 5.24. The molecule has 1 saturated carbocycles.